The number of fused-ring (bicyclic) bond motifs is 2. The van der Waals surface area contributed by atoms with Crippen molar-refractivity contribution >= 4 is 33.6 Å². The zero-order valence-electron chi connectivity index (χ0n) is 15.2. The van der Waals surface area contributed by atoms with E-state index in [0.29, 0.717) is 33.7 Å². The maximum absolute atomic E-state index is 13.1. The third-order valence-electron chi connectivity index (χ3n) is 4.50. The topological polar surface area (TPSA) is 113 Å². The van der Waals surface area contributed by atoms with Gasteiger partial charge in [-0.2, -0.15) is 0 Å². The first-order valence-electron chi connectivity index (χ1n) is 9.00. The van der Waals surface area contributed by atoms with Crippen molar-refractivity contribution in [3.63, 3.8) is 0 Å². The van der Waals surface area contributed by atoms with Crippen LogP contribution in [0.25, 0.3) is 22.1 Å². The highest BCUT2D eigenvalue weighted by molar-refractivity contribution is 5.82. The molecule has 2 aromatic carbocycles. The van der Waals surface area contributed by atoms with E-state index in [-0.39, 0.29) is 12.1 Å². The molecule has 0 bridgehead atoms. The Morgan fingerprint density at radius 2 is 1.79 bits per heavy atom. The van der Waals surface area contributed by atoms with E-state index in [2.05, 4.69) is 35.7 Å². The molecule has 29 heavy (non-hydrogen) atoms. The van der Waals surface area contributed by atoms with Gasteiger partial charge in [0, 0.05) is 0 Å². The van der Waals surface area contributed by atoms with E-state index in [1.807, 2.05) is 48.5 Å². The van der Waals surface area contributed by atoms with Gasteiger partial charge in [0.25, 0.3) is 5.56 Å². The van der Waals surface area contributed by atoms with Crippen molar-refractivity contribution in [1.82, 2.24) is 29.6 Å². The lowest BCUT2D eigenvalue weighted by atomic mass is 10.2. The molecule has 3 heterocycles. The van der Waals surface area contributed by atoms with Crippen LogP contribution < -0.4 is 16.3 Å². The number of aromatic amines is 1. The lowest BCUT2D eigenvalue weighted by Crippen LogP contribution is -2.32. The van der Waals surface area contributed by atoms with Gasteiger partial charge in [-0.05, 0) is 24.3 Å². The van der Waals surface area contributed by atoms with Crippen molar-refractivity contribution < 1.29 is 0 Å². The van der Waals surface area contributed by atoms with Gasteiger partial charge in [-0.3, -0.25) is 10.2 Å². The summed E-state index contributed by atoms with van der Waals surface area (Å²) in [5, 5.41) is 3.76. The number of benzene rings is 2. The fraction of sp³-hybridized carbons (Fsp3) is 0.0500. The van der Waals surface area contributed by atoms with Gasteiger partial charge in [-0.25, -0.2) is 24.6 Å². The Balaban J connectivity index is 1.57. The van der Waals surface area contributed by atoms with Crippen LogP contribution in [-0.2, 0) is 6.54 Å². The maximum Gasteiger partial charge on any atom is 0.280 e. The Bertz CT molecular complexity index is 1360. The largest absolute Gasteiger partial charge is 0.361 e. The van der Waals surface area contributed by atoms with Crippen LogP contribution in [0.1, 0.15) is 5.82 Å². The molecule has 3 aromatic heterocycles. The molecule has 0 amide bonds. The molecule has 0 atom stereocenters. The van der Waals surface area contributed by atoms with Crippen LogP contribution >= 0.6 is 0 Å². The summed E-state index contributed by atoms with van der Waals surface area (Å²) in [6.07, 6.45) is 3.00. The minimum absolute atomic E-state index is 0.175. The number of hydrogen-bond donors (Lipinski definition) is 3. The highest BCUT2D eigenvalue weighted by atomic mass is 16.1. The molecule has 9 heteroatoms. The van der Waals surface area contributed by atoms with E-state index in [1.165, 1.54) is 11.0 Å². The van der Waals surface area contributed by atoms with Gasteiger partial charge in [0.1, 0.15) is 11.8 Å². The molecule has 5 aromatic rings. The predicted octanol–water partition coefficient (Wildman–Crippen LogP) is 2.55. The third-order valence-corrected chi connectivity index (χ3v) is 4.50. The van der Waals surface area contributed by atoms with Crippen LogP contribution in [-0.4, -0.2) is 29.6 Å². The van der Waals surface area contributed by atoms with E-state index in [9.17, 15) is 4.79 Å². The van der Waals surface area contributed by atoms with Crippen LogP contribution in [0.2, 0.25) is 0 Å². The summed E-state index contributed by atoms with van der Waals surface area (Å²) in [6, 6.07) is 16.8. The first-order valence-corrected chi connectivity index (χ1v) is 9.00. The second-order valence-electron chi connectivity index (χ2n) is 6.34. The number of rotatable bonds is 5. The van der Waals surface area contributed by atoms with E-state index < -0.39 is 0 Å². The Labute approximate surface area is 164 Å². The average molecular weight is 384 g/mol. The molecule has 0 aliphatic carbocycles. The standard InChI is InChI=1S/C20H16N8O/c29-20-14-8-4-5-9-15(14)26-16(28(20)27-13-6-2-1-3-7-13)10-21-18-17-19(23-11-22-17)25-12-24-18/h1-9,11-12,27H,10H2,(H2,21,22,23,24,25). The SMILES string of the molecule is O=c1c2ccccc2nc(CNc2ncnc3nc[nH]c23)n1Nc1ccccc1. The van der Waals surface area contributed by atoms with Gasteiger partial charge in [0.05, 0.1) is 29.5 Å². The summed E-state index contributed by atoms with van der Waals surface area (Å²) in [4.78, 5) is 33.3. The smallest absolute Gasteiger partial charge is 0.280 e. The number of nitrogens with one attached hydrogen (secondary N) is 3. The molecular formula is C20H16N8O. The number of aromatic nitrogens is 6. The van der Waals surface area contributed by atoms with Crippen molar-refractivity contribution in [2.24, 2.45) is 0 Å². The predicted molar refractivity (Wildman–Crippen MR) is 110 cm³/mol. The van der Waals surface area contributed by atoms with Crippen LogP contribution in [0, 0.1) is 0 Å². The van der Waals surface area contributed by atoms with Crippen molar-refractivity contribution in [2.75, 3.05) is 10.7 Å². The van der Waals surface area contributed by atoms with Crippen molar-refractivity contribution in [3.05, 3.63) is 83.4 Å². The molecule has 142 valence electrons. The van der Waals surface area contributed by atoms with E-state index >= 15 is 0 Å². The molecule has 0 saturated heterocycles. The molecule has 0 spiro atoms. The van der Waals surface area contributed by atoms with Gasteiger partial charge in [-0.15, -0.1) is 0 Å². The summed E-state index contributed by atoms with van der Waals surface area (Å²) in [5.74, 6) is 1.10. The normalized spacial score (nSPS) is 11.0. The molecular weight excluding hydrogens is 368 g/mol. The van der Waals surface area contributed by atoms with Gasteiger partial charge >= 0.3 is 0 Å². The fourth-order valence-electron chi connectivity index (χ4n) is 3.12. The second-order valence-corrected chi connectivity index (χ2v) is 6.34. The zero-order valence-corrected chi connectivity index (χ0v) is 15.2. The van der Waals surface area contributed by atoms with Crippen molar-refractivity contribution in [2.45, 2.75) is 6.54 Å². The van der Waals surface area contributed by atoms with Crippen LogP contribution in [0.15, 0.2) is 72.0 Å². The number of H-pyrrole nitrogens is 1. The second kappa shape index (κ2) is 7.04. The fourth-order valence-corrected chi connectivity index (χ4v) is 3.12. The summed E-state index contributed by atoms with van der Waals surface area (Å²) < 4.78 is 1.45. The molecule has 0 saturated carbocycles. The number of hydrogen-bond acceptors (Lipinski definition) is 7. The summed E-state index contributed by atoms with van der Waals surface area (Å²) in [5.41, 5.74) is 5.65. The summed E-state index contributed by atoms with van der Waals surface area (Å²) in [6.45, 7) is 0.269. The van der Waals surface area contributed by atoms with Crippen LogP contribution in [0.4, 0.5) is 11.5 Å². The monoisotopic (exact) mass is 384 g/mol. The number of anilines is 2. The summed E-state index contributed by atoms with van der Waals surface area (Å²) in [7, 11) is 0. The minimum Gasteiger partial charge on any atom is -0.361 e. The Hall–Kier alpha value is -4.27. The molecule has 0 radical (unpaired) electrons. The Morgan fingerprint density at radius 3 is 2.69 bits per heavy atom. The van der Waals surface area contributed by atoms with E-state index in [0.717, 1.165) is 5.69 Å². The lowest BCUT2D eigenvalue weighted by molar-refractivity contribution is 0.783. The average Bonchev–Trinajstić information content (AvgIpc) is 3.25. The molecule has 5 rings (SSSR count). The maximum atomic E-state index is 13.1. The lowest BCUT2D eigenvalue weighted by Gasteiger charge is -2.16. The Morgan fingerprint density at radius 1 is 0.966 bits per heavy atom. The van der Waals surface area contributed by atoms with E-state index in [1.54, 1.807) is 12.4 Å². The van der Waals surface area contributed by atoms with E-state index in [4.69, 9.17) is 0 Å². The molecule has 0 aliphatic heterocycles. The molecule has 3 N–H and O–H groups in total. The molecule has 9 nitrogen and oxygen atoms in total. The van der Waals surface area contributed by atoms with Gasteiger partial charge in [0.15, 0.2) is 17.3 Å². The van der Waals surface area contributed by atoms with Gasteiger partial charge in [-0.1, -0.05) is 30.3 Å². The highest BCUT2D eigenvalue weighted by Gasteiger charge is 2.13. The molecule has 0 fully saturated rings. The van der Waals surface area contributed by atoms with Crippen LogP contribution in [0.5, 0.6) is 0 Å². The third kappa shape index (κ3) is 3.14. The van der Waals surface area contributed by atoms with Crippen LogP contribution in [0.3, 0.4) is 0 Å². The highest BCUT2D eigenvalue weighted by Crippen LogP contribution is 2.16. The Kier molecular flexibility index (Phi) is 4.10. The minimum atomic E-state index is -0.175. The van der Waals surface area contributed by atoms with Gasteiger partial charge < -0.3 is 10.3 Å². The van der Waals surface area contributed by atoms with Gasteiger partial charge in [0.2, 0.25) is 0 Å². The zero-order chi connectivity index (χ0) is 19.6. The number of imidazole rings is 1. The van der Waals surface area contributed by atoms with Crippen molar-refractivity contribution in [1.29, 1.82) is 0 Å². The van der Waals surface area contributed by atoms with Crippen molar-refractivity contribution in [3.8, 4) is 0 Å². The number of para-hydroxylation sites is 2. The first-order chi connectivity index (χ1) is 14.3. The first kappa shape index (κ1) is 16.9. The molecule has 0 unspecified atom stereocenters. The summed E-state index contributed by atoms with van der Waals surface area (Å²) >= 11 is 0. The molecule has 0 aliphatic rings. The number of nitrogens with zero attached hydrogens (tertiary/aromatic N) is 5. The quantitative estimate of drug-likeness (QED) is 0.427.